The molecule has 0 spiro atoms. The summed E-state index contributed by atoms with van der Waals surface area (Å²) in [5.41, 5.74) is -2.81. The summed E-state index contributed by atoms with van der Waals surface area (Å²) in [6.07, 6.45) is -1.55. The van der Waals surface area contributed by atoms with Gasteiger partial charge in [-0.1, -0.05) is 18.5 Å². The third-order valence-electron chi connectivity index (χ3n) is 4.02. The van der Waals surface area contributed by atoms with E-state index < -0.39 is 73.5 Å². The van der Waals surface area contributed by atoms with Gasteiger partial charge in [0.2, 0.25) is 0 Å². The van der Waals surface area contributed by atoms with Crippen molar-refractivity contribution in [2.75, 3.05) is 19.5 Å². The fraction of sp³-hybridized carbons (Fsp3) is 0.450. The van der Waals surface area contributed by atoms with Gasteiger partial charge in [-0.05, 0) is 30.1 Å². The molecule has 2 heterocycles. The van der Waals surface area contributed by atoms with E-state index in [1.807, 2.05) is 0 Å². The Bertz CT molecular complexity index is 1130. The highest BCUT2D eigenvalue weighted by Gasteiger charge is 2.36. The average molecular weight is 417 g/mol. The number of nitrogens with zero attached hydrogens (tertiary/aromatic N) is 3. The van der Waals surface area contributed by atoms with E-state index >= 15 is 4.39 Å². The van der Waals surface area contributed by atoms with Crippen LogP contribution in [0, 0.1) is 5.82 Å². The van der Waals surface area contributed by atoms with Gasteiger partial charge in [-0.15, -0.1) is 0 Å². The van der Waals surface area contributed by atoms with E-state index in [1.165, 1.54) is 6.92 Å². The molecule has 0 bridgehead atoms. The van der Waals surface area contributed by atoms with Crippen LogP contribution in [0.2, 0.25) is 5.02 Å². The molecular weight excluding hydrogens is 386 g/mol. The predicted octanol–water partition coefficient (Wildman–Crippen LogP) is 3.57. The number of amides is 1. The third-order valence-corrected chi connectivity index (χ3v) is 4.31. The summed E-state index contributed by atoms with van der Waals surface area (Å²) in [5.74, 6) is -2.40. The highest BCUT2D eigenvalue weighted by molar-refractivity contribution is 6.31. The first-order valence-electron chi connectivity index (χ1n) is 12.3. The largest absolute Gasteiger partial charge is 0.338 e. The van der Waals surface area contributed by atoms with Crippen molar-refractivity contribution in [2.24, 2.45) is 0 Å². The minimum atomic E-state index is -2.84. The second-order valence-corrected chi connectivity index (χ2v) is 6.52. The Morgan fingerprint density at radius 1 is 1.39 bits per heavy atom. The molecule has 1 fully saturated rings. The van der Waals surface area contributed by atoms with Crippen molar-refractivity contribution in [3.8, 4) is 0 Å². The predicted molar refractivity (Wildman–Crippen MR) is 104 cm³/mol. The van der Waals surface area contributed by atoms with Gasteiger partial charge in [0, 0.05) is 58.6 Å². The Labute approximate surface area is 179 Å². The topological polar surface area (TPSA) is 58.1 Å². The minimum absolute atomic E-state index is 0.102. The second-order valence-electron chi connectivity index (χ2n) is 6.11. The molecular formula is C20H23ClF2N4O. The molecule has 1 amide bonds. The summed E-state index contributed by atoms with van der Waals surface area (Å²) in [7, 11) is 0. The number of alkyl halides is 1. The molecule has 0 radical (unpaired) electrons. The maximum atomic E-state index is 15.8. The van der Waals surface area contributed by atoms with Crippen LogP contribution in [0.1, 0.15) is 52.5 Å². The Balaban J connectivity index is 1.80. The van der Waals surface area contributed by atoms with Crippen molar-refractivity contribution in [3.63, 3.8) is 0 Å². The number of aryl methyl sites for hydroxylation is 1. The summed E-state index contributed by atoms with van der Waals surface area (Å²) < 4.78 is 93.8. The summed E-state index contributed by atoms with van der Waals surface area (Å²) in [5, 5.41) is 1.83. The number of likely N-dealkylation sites (tertiary alicyclic amines) is 1. The number of benzene rings is 1. The number of halogens is 3. The number of rotatable bonds is 6. The van der Waals surface area contributed by atoms with Crippen molar-refractivity contribution >= 4 is 17.5 Å². The van der Waals surface area contributed by atoms with Crippen LogP contribution in [-0.4, -0.2) is 46.0 Å². The highest BCUT2D eigenvalue weighted by atomic mass is 35.5. The smallest absolute Gasteiger partial charge is 0.253 e. The maximum absolute atomic E-state index is 15.8. The average Bonchev–Trinajstić information content (AvgIpc) is 2.72. The number of carbonyl (C=O) groups excluding carboxylic acids is 1. The summed E-state index contributed by atoms with van der Waals surface area (Å²) in [6.45, 7) is -7.77. The fourth-order valence-corrected chi connectivity index (χ4v) is 2.57. The zero-order chi connectivity index (χ0) is 27.3. The van der Waals surface area contributed by atoms with Crippen molar-refractivity contribution in [2.45, 2.75) is 38.3 Å². The molecule has 150 valence electrons. The Morgan fingerprint density at radius 3 is 2.68 bits per heavy atom. The lowest BCUT2D eigenvalue weighted by Crippen LogP contribution is -2.48. The van der Waals surface area contributed by atoms with Gasteiger partial charge >= 0.3 is 0 Å². The van der Waals surface area contributed by atoms with E-state index in [1.54, 1.807) is 0 Å². The molecule has 1 saturated heterocycles. The van der Waals surface area contributed by atoms with Crippen LogP contribution in [0.3, 0.4) is 0 Å². The van der Waals surface area contributed by atoms with E-state index in [4.69, 9.17) is 22.6 Å². The Morgan fingerprint density at radius 2 is 2.07 bits per heavy atom. The molecule has 0 aliphatic carbocycles. The lowest BCUT2D eigenvalue weighted by atomic mass is 9.92. The zero-order valence-electron chi connectivity index (χ0n) is 22.9. The molecule has 0 atom stereocenters. The molecule has 1 N–H and O–H groups in total. The van der Waals surface area contributed by atoms with Crippen molar-refractivity contribution < 1.29 is 24.5 Å². The molecule has 0 saturated carbocycles. The first-order valence-corrected chi connectivity index (χ1v) is 8.72. The Kier molecular flexibility index (Phi) is 3.96. The van der Waals surface area contributed by atoms with Crippen LogP contribution < -0.4 is 5.32 Å². The number of hydrogen-bond donors (Lipinski definition) is 1. The SMILES string of the molecule is [2H]C([2H])(C)c1cnc(C([2H])([2H])NCC2(F)CC([2H])([2H])N(C(=O)c3ccc(F)c(Cl)c3)C([2H])([2H])C2)nc1. The summed E-state index contributed by atoms with van der Waals surface area (Å²) in [4.78, 5) is 20.8. The molecule has 28 heavy (non-hydrogen) atoms. The van der Waals surface area contributed by atoms with Crippen LogP contribution >= 0.6 is 11.6 Å². The van der Waals surface area contributed by atoms with E-state index in [2.05, 4.69) is 15.3 Å². The monoisotopic (exact) mass is 416 g/mol. The van der Waals surface area contributed by atoms with Gasteiger partial charge in [-0.2, -0.15) is 0 Å². The molecule has 1 aromatic carbocycles. The minimum Gasteiger partial charge on any atom is -0.338 e. The second kappa shape index (κ2) is 8.92. The number of nitrogens with one attached hydrogen (secondary N) is 1. The molecule has 0 unspecified atom stereocenters. The normalized spacial score (nSPS) is 25.1. The van der Waals surface area contributed by atoms with E-state index in [9.17, 15) is 9.18 Å². The molecule has 2 aromatic rings. The molecule has 1 aliphatic heterocycles. The zero-order valence-corrected chi connectivity index (χ0v) is 15.6. The van der Waals surface area contributed by atoms with Gasteiger partial charge in [0.1, 0.15) is 17.3 Å². The van der Waals surface area contributed by atoms with Crippen molar-refractivity contribution in [3.05, 3.63) is 58.4 Å². The van der Waals surface area contributed by atoms with Crippen LogP contribution in [0.4, 0.5) is 8.78 Å². The maximum Gasteiger partial charge on any atom is 0.253 e. The standard InChI is InChI=1S/C20H23ClF2N4O/c1-2-14-10-25-18(26-11-14)12-24-13-20(23)5-7-27(8-6-20)19(28)15-3-4-17(22)16(21)9-15/h3-4,9-11,24H,2,5-8,12-13H2,1H3/i2D2,7D2,8D2,12D2. The van der Waals surface area contributed by atoms with Crippen LogP contribution in [0.25, 0.3) is 0 Å². The number of hydrogen-bond acceptors (Lipinski definition) is 4. The number of carbonyl (C=O) groups is 1. The van der Waals surface area contributed by atoms with Gasteiger partial charge in [-0.3, -0.25) is 4.79 Å². The van der Waals surface area contributed by atoms with Crippen molar-refractivity contribution in [1.82, 2.24) is 20.2 Å². The van der Waals surface area contributed by atoms with Gasteiger partial charge in [0.15, 0.2) is 0 Å². The van der Waals surface area contributed by atoms with Gasteiger partial charge in [0.05, 0.1) is 14.3 Å². The van der Waals surface area contributed by atoms with E-state index in [0.29, 0.717) is 0 Å². The van der Waals surface area contributed by atoms with Gasteiger partial charge < -0.3 is 10.2 Å². The number of piperidine rings is 1. The molecule has 1 aliphatic rings. The first-order chi connectivity index (χ1) is 16.3. The molecule has 1 aromatic heterocycles. The molecule has 8 heteroatoms. The highest BCUT2D eigenvalue weighted by Crippen LogP contribution is 2.27. The molecule has 5 nitrogen and oxygen atoms in total. The fourth-order valence-electron chi connectivity index (χ4n) is 2.39. The number of aromatic nitrogens is 2. The van der Waals surface area contributed by atoms with E-state index in [-0.39, 0.29) is 16.0 Å². The molecule has 3 rings (SSSR count). The van der Waals surface area contributed by atoms with Crippen LogP contribution in [0.15, 0.2) is 30.6 Å². The summed E-state index contributed by atoms with van der Waals surface area (Å²) in [6, 6.07) is 2.81. The van der Waals surface area contributed by atoms with Gasteiger partial charge in [-0.25, -0.2) is 18.7 Å². The van der Waals surface area contributed by atoms with Gasteiger partial charge in [0.25, 0.3) is 5.91 Å². The van der Waals surface area contributed by atoms with Crippen LogP contribution in [0.5, 0.6) is 0 Å². The first kappa shape index (κ1) is 12.4. The lowest BCUT2D eigenvalue weighted by molar-refractivity contribution is 0.0434. The quantitative estimate of drug-likeness (QED) is 0.782. The van der Waals surface area contributed by atoms with Crippen LogP contribution in [-0.2, 0) is 12.9 Å². The third kappa shape index (κ3) is 5.02. The lowest BCUT2D eigenvalue weighted by Gasteiger charge is -2.36. The van der Waals surface area contributed by atoms with Crippen molar-refractivity contribution in [1.29, 1.82) is 0 Å². The van der Waals surface area contributed by atoms with E-state index in [0.717, 1.165) is 30.6 Å². The Hall–Kier alpha value is -2.12. The summed E-state index contributed by atoms with van der Waals surface area (Å²) >= 11 is 5.68.